The minimum Gasteiger partial charge on any atom is -0.462 e. The van der Waals surface area contributed by atoms with Crippen molar-refractivity contribution in [2.75, 3.05) is 19.8 Å². The number of hydrogen-bond acceptors (Lipinski definition) is 5. The van der Waals surface area contributed by atoms with Crippen molar-refractivity contribution in [1.29, 1.82) is 0 Å². The summed E-state index contributed by atoms with van der Waals surface area (Å²) in [6.07, 6.45) is 89.4. The maximum atomic E-state index is 12.8. The number of carbonyl (C=O) groups excluding carboxylic acids is 2. The SMILES string of the molecule is CC/C=C\C/C=C\C/C=C\C/C=C\C/C=C\C/C=C\CCCOCC(COC(=O)CCCCCCCC/C=C\C/C=C\C/C=C\C/C=C\CC)OC(=O)C/C=C\C/C=C\C/C=C\C/C=C\C/C=C\CC. The number of hydrogen-bond donors (Lipinski definition) is 0. The Morgan fingerprint density at radius 3 is 1.03 bits per heavy atom. The highest BCUT2D eigenvalue weighted by atomic mass is 16.6. The van der Waals surface area contributed by atoms with Gasteiger partial charge in [-0.05, 0) is 128 Å². The Morgan fingerprint density at radius 1 is 0.329 bits per heavy atom. The van der Waals surface area contributed by atoms with Gasteiger partial charge in [0.15, 0.2) is 6.10 Å². The first-order valence-corrected chi connectivity index (χ1v) is 27.3. The van der Waals surface area contributed by atoms with E-state index in [-0.39, 0.29) is 31.6 Å². The molecule has 5 heteroatoms. The van der Waals surface area contributed by atoms with Gasteiger partial charge < -0.3 is 14.2 Å². The molecule has 0 heterocycles. The van der Waals surface area contributed by atoms with E-state index in [4.69, 9.17) is 14.2 Å². The number of ether oxygens (including phenoxy) is 3. The van der Waals surface area contributed by atoms with E-state index in [0.29, 0.717) is 13.0 Å². The molecule has 1 atom stereocenters. The van der Waals surface area contributed by atoms with Crippen molar-refractivity contribution >= 4 is 11.9 Å². The molecule has 5 nitrogen and oxygen atoms in total. The summed E-state index contributed by atoms with van der Waals surface area (Å²) in [5.41, 5.74) is 0. The van der Waals surface area contributed by atoms with Crippen molar-refractivity contribution in [3.8, 4) is 0 Å². The predicted molar refractivity (Wildman–Crippen MR) is 306 cm³/mol. The average Bonchev–Trinajstić information content (AvgIpc) is 3.36. The lowest BCUT2D eigenvalue weighted by atomic mass is 10.1. The van der Waals surface area contributed by atoms with Gasteiger partial charge in [0.05, 0.1) is 13.0 Å². The van der Waals surface area contributed by atoms with E-state index in [1.165, 1.54) is 19.3 Å². The first-order valence-electron chi connectivity index (χ1n) is 27.3. The largest absolute Gasteiger partial charge is 0.462 e. The molecule has 0 aromatic heterocycles. The van der Waals surface area contributed by atoms with E-state index >= 15 is 0 Å². The molecule has 0 amide bonds. The molecule has 70 heavy (non-hydrogen) atoms. The maximum Gasteiger partial charge on any atom is 0.310 e. The van der Waals surface area contributed by atoms with Gasteiger partial charge in [-0.1, -0.05) is 229 Å². The van der Waals surface area contributed by atoms with E-state index in [1.54, 1.807) is 0 Å². The molecule has 0 spiro atoms. The fourth-order valence-corrected chi connectivity index (χ4v) is 6.53. The fraction of sp³-hybridized carbons (Fsp3) is 0.508. The zero-order valence-corrected chi connectivity index (χ0v) is 44.4. The maximum absolute atomic E-state index is 12.8. The molecule has 0 saturated carbocycles. The Kier molecular flexibility index (Phi) is 54.1. The molecule has 0 N–H and O–H groups in total. The second-order valence-electron chi connectivity index (χ2n) is 17.0. The second-order valence-corrected chi connectivity index (χ2v) is 17.0. The van der Waals surface area contributed by atoms with Gasteiger partial charge in [-0.3, -0.25) is 9.59 Å². The van der Waals surface area contributed by atoms with E-state index in [9.17, 15) is 9.59 Å². The monoisotopic (exact) mass is 959 g/mol. The zero-order chi connectivity index (χ0) is 50.6. The molecule has 0 rings (SSSR count). The van der Waals surface area contributed by atoms with E-state index < -0.39 is 6.10 Å². The lowest BCUT2D eigenvalue weighted by Gasteiger charge is -2.18. The van der Waals surface area contributed by atoms with Crippen LogP contribution in [0.4, 0.5) is 0 Å². The third kappa shape index (κ3) is 55.6. The van der Waals surface area contributed by atoms with Crippen LogP contribution in [0.25, 0.3) is 0 Å². The van der Waals surface area contributed by atoms with Crippen LogP contribution in [0.5, 0.6) is 0 Å². The van der Waals surface area contributed by atoms with Gasteiger partial charge >= 0.3 is 11.9 Å². The highest BCUT2D eigenvalue weighted by Crippen LogP contribution is 2.11. The highest BCUT2D eigenvalue weighted by Gasteiger charge is 2.17. The summed E-state index contributed by atoms with van der Waals surface area (Å²) in [6, 6.07) is 0. The van der Waals surface area contributed by atoms with Crippen molar-refractivity contribution in [1.82, 2.24) is 0 Å². The van der Waals surface area contributed by atoms with Gasteiger partial charge in [0, 0.05) is 13.0 Å². The highest BCUT2D eigenvalue weighted by molar-refractivity contribution is 5.71. The van der Waals surface area contributed by atoms with Crippen LogP contribution in [0.2, 0.25) is 0 Å². The molecule has 0 fully saturated rings. The van der Waals surface area contributed by atoms with Crippen molar-refractivity contribution in [2.45, 2.75) is 194 Å². The molecule has 0 radical (unpaired) electrons. The third-order valence-electron chi connectivity index (χ3n) is 10.5. The summed E-state index contributed by atoms with van der Waals surface area (Å²) in [5, 5.41) is 0. The molecule has 0 aliphatic rings. The van der Waals surface area contributed by atoms with Gasteiger partial charge in [-0.15, -0.1) is 0 Å². The Morgan fingerprint density at radius 2 is 0.643 bits per heavy atom. The van der Waals surface area contributed by atoms with Crippen molar-refractivity contribution in [3.63, 3.8) is 0 Å². The van der Waals surface area contributed by atoms with E-state index in [1.807, 2.05) is 12.2 Å². The smallest absolute Gasteiger partial charge is 0.310 e. The predicted octanol–water partition coefficient (Wildman–Crippen LogP) is 19.0. The Balaban J connectivity index is 4.56. The van der Waals surface area contributed by atoms with Crippen molar-refractivity contribution in [3.05, 3.63) is 182 Å². The molecule has 0 aliphatic heterocycles. The normalized spacial score (nSPS) is 13.7. The number of carbonyl (C=O) groups is 2. The number of esters is 2. The van der Waals surface area contributed by atoms with Gasteiger partial charge in [0.25, 0.3) is 0 Å². The number of unbranched alkanes of at least 4 members (excludes halogenated alkanes) is 7. The van der Waals surface area contributed by atoms with Gasteiger partial charge in [0.1, 0.15) is 6.61 Å². The van der Waals surface area contributed by atoms with Crippen LogP contribution in [-0.2, 0) is 23.8 Å². The molecule has 0 aliphatic carbocycles. The topological polar surface area (TPSA) is 61.8 Å². The van der Waals surface area contributed by atoms with Crippen LogP contribution in [0.15, 0.2) is 182 Å². The van der Waals surface area contributed by atoms with Crippen LogP contribution >= 0.6 is 0 Å². The number of allylic oxidation sites excluding steroid dienone is 29. The zero-order valence-electron chi connectivity index (χ0n) is 44.4. The summed E-state index contributed by atoms with van der Waals surface area (Å²) in [4.78, 5) is 25.4. The van der Waals surface area contributed by atoms with Crippen LogP contribution in [0.1, 0.15) is 188 Å². The standard InChI is InChI=1S/C65H98O5/c1-4-7-10-13-16-19-22-25-28-30-32-34-36-39-42-45-48-51-54-57-60-68-61-63(70-65(67)59-56-53-50-47-44-41-37-27-24-21-18-15-12-9-6-3)62-69-64(66)58-55-52-49-46-43-40-38-35-33-31-29-26-23-20-17-14-11-8-5-2/h7-12,16-21,25-29,32-35,37,39,42,44,47-48,51,53,56,63H,4-6,13-15,22-24,30-31,36,38,40-41,43,45-46,49-50,52,54-55,57-62H2,1-3H3/b10-7-,11-8-,12-9-,19-16-,20-17-,21-18-,28-25-,29-26-,34-32-,35-33-,37-27-,42-39-,47-44-,51-48-,56-53-. The van der Waals surface area contributed by atoms with E-state index in [0.717, 1.165) is 135 Å². The molecule has 0 aromatic rings. The van der Waals surface area contributed by atoms with Gasteiger partial charge in [-0.2, -0.15) is 0 Å². The lowest BCUT2D eigenvalue weighted by Crippen LogP contribution is -2.29. The minimum absolute atomic E-state index is 0.000683. The lowest BCUT2D eigenvalue weighted by molar-refractivity contribution is -0.162. The molecule has 1 unspecified atom stereocenters. The molecular formula is C65H98O5. The Bertz CT molecular complexity index is 1650. The molecule has 0 aromatic carbocycles. The summed E-state index contributed by atoms with van der Waals surface area (Å²) in [6.45, 7) is 7.18. The Labute approximate surface area is 429 Å². The summed E-state index contributed by atoms with van der Waals surface area (Å²) in [7, 11) is 0. The number of rotatable bonds is 47. The van der Waals surface area contributed by atoms with Crippen LogP contribution in [-0.4, -0.2) is 37.9 Å². The van der Waals surface area contributed by atoms with Crippen LogP contribution in [0.3, 0.4) is 0 Å². The first-order chi connectivity index (χ1) is 34.6. The van der Waals surface area contributed by atoms with E-state index in [2.05, 4.69) is 191 Å². The summed E-state index contributed by atoms with van der Waals surface area (Å²) in [5.74, 6) is -0.609. The minimum atomic E-state index is -0.643. The molecule has 388 valence electrons. The third-order valence-corrected chi connectivity index (χ3v) is 10.5. The first kappa shape index (κ1) is 65.0. The molecule has 0 saturated heterocycles. The van der Waals surface area contributed by atoms with Gasteiger partial charge in [0.2, 0.25) is 0 Å². The summed E-state index contributed by atoms with van der Waals surface area (Å²) >= 11 is 0. The average molecular weight is 959 g/mol. The molecular weight excluding hydrogens is 861 g/mol. The fourth-order valence-electron chi connectivity index (χ4n) is 6.53. The van der Waals surface area contributed by atoms with Crippen molar-refractivity contribution in [2.24, 2.45) is 0 Å². The Hall–Kier alpha value is -5.00. The quantitative estimate of drug-likeness (QED) is 0.0345. The van der Waals surface area contributed by atoms with Crippen LogP contribution < -0.4 is 0 Å². The molecule has 0 bridgehead atoms. The summed E-state index contributed by atoms with van der Waals surface area (Å²) < 4.78 is 17.2. The van der Waals surface area contributed by atoms with Crippen molar-refractivity contribution < 1.29 is 23.8 Å². The van der Waals surface area contributed by atoms with Crippen LogP contribution in [0, 0.1) is 0 Å². The second kappa shape index (κ2) is 58.3. The van der Waals surface area contributed by atoms with Gasteiger partial charge in [-0.25, -0.2) is 0 Å².